The van der Waals surface area contributed by atoms with Crippen LogP contribution in [0, 0.1) is 0 Å². The molecule has 1 aromatic carbocycles. The summed E-state index contributed by atoms with van der Waals surface area (Å²) in [6.07, 6.45) is 0. The highest BCUT2D eigenvalue weighted by Gasteiger charge is 2.29. The molecule has 1 N–H and O–H groups in total. The van der Waals surface area contributed by atoms with Gasteiger partial charge in [0.1, 0.15) is 0 Å². The van der Waals surface area contributed by atoms with Crippen molar-refractivity contribution in [3.8, 4) is 0 Å². The van der Waals surface area contributed by atoms with Crippen LogP contribution < -0.4 is 10.2 Å². The molecule has 0 saturated heterocycles. The van der Waals surface area contributed by atoms with Crippen molar-refractivity contribution in [2.24, 2.45) is 0 Å². The Labute approximate surface area is 128 Å². The Morgan fingerprint density at radius 3 is 2.85 bits per heavy atom. The van der Waals surface area contributed by atoms with Gasteiger partial charge in [-0.15, -0.1) is 0 Å². The molecule has 2 aromatic rings. The Morgan fingerprint density at radius 1 is 1.35 bits per heavy atom. The molecule has 20 heavy (non-hydrogen) atoms. The average molecular weight is 351 g/mol. The molecule has 0 saturated carbocycles. The van der Waals surface area contributed by atoms with Gasteiger partial charge in [0.2, 0.25) is 0 Å². The minimum Gasteiger partial charge on any atom is -0.369 e. The molecular formula is C14H11BrN2O2S. The Bertz CT molecular complexity index is 697. The first kappa shape index (κ1) is 13.3. The summed E-state index contributed by atoms with van der Waals surface area (Å²) >= 11 is 5.13. The summed E-state index contributed by atoms with van der Waals surface area (Å²) in [5.41, 5.74) is 3.17. The second-order valence-electron chi connectivity index (χ2n) is 4.62. The minimum absolute atomic E-state index is 0.426. The van der Waals surface area contributed by atoms with Gasteiger partial charge < -0.3 is 10.2 Å². The minimum atomic E-state index is -0.565. The lowest BCUT2D eigenvalue weighted by Gasteiger charge is -2.21. The van der Waals surface area contributed by atoms with E-state index in [0.717, 1.165) is 16.7 Å². The monoisotopic (exact) mass is 350 g/mol. The lowest BCUT2D eigenvalue weighted by atomic mass is 10.1. The molecule has 0 radical (unpaired) electrons. The van der Waals surface area contributed by atoms with Gasteiger partial charge >= 0.3 is 0 Å². The number of Topliss-reactive ketones (excluding diaryl/α,β-unsaturated/α-hetero) is 1. The van der Waals surface area contributed by atoms with Crippen molar-refractivity contribution in [1.82, 2.24) is 0 Å². The van der Waals surface area contributed by atoms with Crippen LogP contribution in [0.4, 0.5) is 11.4 Å². The molecule has 0 atom stereocenters. The van der Waals surface area contributed by atoms with E-state index in [2.05, 4.69) is 37.6 Å². The van der Waals surface area contributed by atoms with Crippen molar-refractivity contribution in [3.05, 3.63) is 44.6 Å². The number of benzene rings is 1. The number of nitrogens with one attached hydrogen (secondary N) is 1. The van der Waals surface area contributed by atoms with Gasteiger partial charge in [0.25, 0.3) is 11.7 Å². The zero-order valence-corrected chi connectivity index (χ0v) is 13.0. The third-order valence-electron chi connectivity index (χ3n) is 3.20. The summed E-state index contributed by atoms with van der Waals surface area (Å²) in [6, 6.07) is 5.61. The first-order chi connectivity index (χ1) is 9.56. The van der Waals surface area contributed by atoms with E-state index in [0.29, 0.717) is 11.3 Å². The zero-order chi connectivity index (χ0) is 14.3. The van der Waals surface area contributed by atoms with Gasteiger partial charge in [-0.1, -0.05) is 0 Å². The zero-order valence-electron chi connectivity index (χ0n) is 10.6. The molecule has 3 rings (SSSR count). The quantitative estimate of drug-likeness (QED) is 0.864. The maximum Gasteiger partial charge on any atom is 0.296 e. The van der Waals surface area contributed by atoms with E-state index < -0.39 is 11.7 Å². The smallest absolute Gasteiger partial charge is 0.296 e. The van der Waals surface area contributed by atoms with Gasteiger partial charge in [-0.3, -0.25) is 9.59 Å². The van der Waals surface area contributed by atoms with Gasteiger partial charge in [0.15, 0.2) is 0 Å². The van der Waals surface area contributed by atoms with Crippen molar-refractivity contribution >= 4 is 50.3 Å². The number of carbonyl (C=O) groups is 2. The van der Waals surface area contributed by atoms with Crippen LogP contribution in [0.5, 0.6) is 0 Å². The number of ketones is 1. The molecule has 1 aromatic heterocycles. The normalized spacial score (nSPS) is 13.3. The van der Waals surface area contributed by atoms with Crippen LogP contribution in [-0.2, 0) is 11.3 Å². The van der Waals surface area contributed by atoms with Crippen LogP contribution in [0.1, 0.15) is 15.9 Å². The van der Waals surface area contributed by atoms with Crippen LogP contribution in [0.25, 0.3) is 0 Å². The highest BCUT2D eigenvalue weighted by molar-refractivity contribution is 9.10. The molecule has 102 valence electrons. The van der Waals surface area contributed by atoms with Crippen LogP contribution in [-0.4, -0.2) is 18.7 Å². The van der Waals surface area contributed by atoms with Crippen LogP contribution in [0.2, 0.25) is 0 Å². The fourth-order valence-electron chi connectivity index (χ4n) is 2.19. The Kier molecular flexibility index (Phi) is 3.35. The molecule has 0 bridgehead atoms. The van der Waals surface area contributed by atoms with Crippen molar-refractivity contribution in [2.75, 3.05) is 17.3 Å². The summed E-state index contributed by atoms with van der Waals surface area (Å²) in [5, 5.41) is 6.74. The molecule has 6 heteroatoms. The van der Waals surface area contributed by atoms with Gasteiger partial charge in [-0.2, -0.15) is 11.3 Å². The number of fused-ring (bicyclic) bond motifs is 1. The molecule has 1 aliphatic rings. The standard InChI is InChI=1S/C14H11BrN2O2S/c1-17(6-8-2-3-20-7-8)12-5-11-9(4-10(12)15)13(18)14(19)16-11/h2-5,7H,6H2,1H3,(H,16,18,19). The van der Waals surface area contributed by atoms with Crippen LogP contribution in [0.3, 0.4) is 0 Å². The number of halogens is 1. The summed E-state index contributed by atoms with van der Waals surface area (Å²) in [6.45, 7) is 0.767. The lowest BCUT2D eigenvalue weighted by molar-refractivity contribution is -0.112. The molecule has 0 unspecified atom stereocenters. The first-order valence-electron chi connectivity index (χ1n) is 5.97. The van der Waals surface area contributed by atoms with E-state index in [1.54, 1.807) is 17.4 Å². The number of nitrogens with zero attached hydrogens (tertiary/aromatic N) is 1. The highest BCUT2D eigenvalue weighted by atomic mass is 79.9. The third kappa shape index (κ3) is 2.25. The van der Waals surface area contributed by atoms with Crippen molar-refractivity contribution in [3.63, 3.8) is 0 Å². The maximum atomic E-state index is 11.6. The van der Waals surface area contributed by atoms with Gasteiger partial charge in [0, 0.05) is 18.1 Å². The van der Waals surface area contributed by atoms with Crippen molar-refractivity contribution in [1.29, 1.82) is 0 Å². The fraction of sp³-hybridized carbons (Fsp3) is 0.143. The van der Waals surface area contributed by atoms with Crippen molar-refractivity contribution < 1.29 is 9.59 Å². The molecule has 4 nitrogen and oxygen atoms in total. The Balaban J connectivity index is 1.93. The Hall–Kier alpha value is -1.66. The van der Waals surface area contributed by atoms with Gasteiger partial charge in [-0.25, -0.2) is 0 Å². The number of hydrogen-bond acceptors (Lipinski definition) is 4. The molecule has 0 spiro atoms. The largest absolute Gasteiger partial charge is 0.369 e. The summed E-state index contributed by atoms with van der Waals surface area (Å²) in [4.78, 5) is 25.1. The van der Waals surface area contributed by atoms with E-state index in [4.69, 9.17) is 0 Å². The summed E-state index contributed by atoms with van der Waals surface area (Å²) in [5.74, 6) is -1.04. The average Bonchev–Trinajstić information content (AvgIpc) is 3.00. The van der Waals surface area contributed by atoms with Gasteiger partial charge in [-0.05, 0) is 50.5 Å². The molecule has 2 heterocycles. The number of hydrogen-bond donors (Lipinski definition) is 1. The highest BCUT2D eigenvalue weighted by Crippen LogP contribution is 2.35. The van der Waals surface area contributed by atoms with Crippen LogP contribution in [0.15, 0.2) is 33.4 Å². The number of carbonyl (C=O) groups excluding carboxylic acids is 2. The lowest BCUT2D eigenvalue weighted by Crippen LogP contribution is -2.16. The number of rotatable bonds is 3. The van der Waals surface area contributed by atoms with Crippen LogP contribution >= 0.6 is 27.3 Å². The molecule has 0 fully saturated rings. The summed E-state index contributed by atoms with van der Waals surface area (Å²) in [7, 11) is 1.97. The third-order valence-corrected chi connectivity index (χ3v) is 4.56. The SMILES string of the molecule is CN(Cc1ccsc1)c1cc2c(cc1Br)C(=O)C(=O)N2. The number of thiophene rings is 1. The second kappa shape index (κ2) is 5.03. The summed E-state index contributed by atoms with van der Waals surface area (Å²) < 4.78 is 0.804. The van der Waals surface area contributed by atoms with E-state index in [9.17, 15) is 9.59 Å². The Morgan fingerprint density at radius 2 is 2.15 bits per heavy atom. The van der Waals surface area contributed by atoms with E-state index in [-0.39, 0.29) is 0 Å². The predicted octanol–water partition coefficient (Wildman–Crippen LogP) is 3.28. The van der Waals surface area contributed by atoms with Crippen molar-refractivity contribution in [2.45, 2.75) is 6.54 Å². The van der Waals surface area contributed by atoms with Gasteiger partial charge in [0.05, 0.1) is 16.9 Å². The van der Waals surface area contributed by atoms with E-state index in [1.165, 1.54) is 5.56 Å². The molecule has 1 aliphatic heterocycles. The fourth-order valence-corrected chi connectivity index (χ4v) is 3.49. The molecule has 0 aliphatic carbocycles. The van der Waals surface area contributed by atoms with E-state index >= 15 is 0 Å². The second-order valence-corrected chi connectivity index (χ2v) is 6.25. The first-order valence-corrected chi connectivity index (χ1v) is 7.71. The predicted molar refractivity (Wildman–Crippen MR) is 83.5 cm³/mol. The molecular weight excluding hydrogens is 340 g/mol. The maximum absolute atomic E-state index is 11.6. The topological polar surface area (TPSA) is 49.4 Å². The van der Waals surface area contributed by atoms with E-state index in [1.807, 2.05) is 18.5 Å². The number of amides is 1. The molecule has 1 amide bonds. The number of anilines is 2.